The van der Waals surface area contributed by atoms with E-state index in [0.717, 1.165) is 11.8 Å². The van der Waals surface area contributed by atoms with Crippen LogP contribution in [0.1, 0.15) is 6.42 Å². The monoisotopic (exact) mass is 525 g/mol. The maximum absolute atomic E-state index is 13.0. The van der Waals surface area contributed by atoms with Gasteiger partial charge in [0.1, 0.15) is 11.1 Å². The van der Waals surface area contributed by atoms with Crippen LogP contribution in [0.2, 0.25) is 0 Å². The average molecular weight is 526 g/mol. The second-order valence-electron chi connectivity index (χ2n) is 6.41. The van der Waals surface area contributed by atoms with E-state index in [-0.39, 0.29) is 23.0 Å². The van der Waals surface area contributed by atoms with Crippen LogP contribution in [0.5, 0.6) is 0 Å². The normalized spacial score (nSPS) is 17.7. The topological polar surface area (TPSA) is 95.9 Å². The number of hydrogen-bond donors (Lipinski definition) is 1. The van der Waals surface area contributed by atoms with E-state index in [1.807, 2.05) is 0 Å². The molecule has 1 heterocycles. The average Bonchev–Trinajstić information content (AvgIpc) is 2.98. The van der Waals surface area contributed by atoms with Gasteiger partial charge in [-0.3, -0.25) is 14.5 Å². The van der Waals surface area contributed by atoms with Gasteiger partial charge in [0.2, 0.25) is 11.8 Å². The Morgan fingerprint density at radius 2 is 1.87 bits per heavy atom. The summed E-state index contributed by atoms with van der Waals surface area (Å²) in [6.45, 7) is 3.64. The minimum atomic E-state index is -4.06. The van der Waals surface area contributed by atoms with Crippen molar-refractivity contribution < 1.29 is 22.4 Å². The summed E-state index contributed by atoms with van der Waals surface area (Å²) in [5.74, 6) is -1.34. The third-order valence-corrected chi connectivity index (χ3v) is 7.24. The minimum absolute atomic E-state index is 0.0209. The number of thioether (sulfide) groups is 1. The van der Waals surface area contributed by atoms with Crippen molar-refractivity contribution in [1.82, 2.24) is 4.90 Å². The van der Waals surface area contributed by atoms with Gasteiger partial charge in [-0.2, -0.15) is 8.42 Å². The molecule has 2 aromatic rings. The van der Waals surface area contributed by atoms with E-state index < -0.39 is 32.9 Å². The lowest BCUT2D eigenvalue weighted by Gasteiger charge is -2.13. The predicted octanol–water partition coefficient (Wildman–Crippen LogP) is 3.79. The molecule has 7 nitrogen and oxygen atoms in total. The van der Waals surface area contributed by atoms with Gasteiger partial charge in [-0.05, 0) is 48.5 Å². The van der Waals surface area contributed by atoms with Crippen LogP contribution in [-0.4, -0.2) is 42.1 Å². The Balaban J connectivity index is 1.78. The summed E-state index contributed by atoms with van der Waals surface area (Å²) >= 11 is 4.14. The number of amidine groups is 1. The van der Waals surface area contributed by atoms with Gasteiger partial charge in [0, 0.05) is 23.1 Å². The highest BCUT2D eigenvalue weighted by molar-refractivity contribution is 9.10. The number of nitrogens with one attached hydrogen (secondary N) is 1. The van der Waals surface area contributed by atoms with Crippen molar-refractivity contribution in [3.63, 3.8) is 0 Å². The van der Waals surface area contributed by atoms with Crippen molar-refractivity contribution in [2.75, 3.05) is 11.9 Å². The van der Waals surface area contributed by atoms with Crippen LogP contribution in [0, 0.1) is 5.82 Å². The maximum atomic E-state index is 13.0. The number of amides is 2. The van der Waals surface area contributed by atoms with Crippen molar-refractivity contribution in [3.8, 4) is 0 Å². The van der Waals surface area contributed by atoms with Crippen LogP contribution < -0.4 is 5.32 Å². The van der Waals surface area contributed by atoms with Gasteiger partial charge in [-0.15, -0.1) is 11.0 Å². The highest BCUT2D eigenvalue weighted by Gasteiger charge is 2.39. The van der Waals surface area contributed by atoms with E-state index in [1.165, 1.54) is 47.4 Å². The van der Waals surface area contributed by atoms with E-state index in [2.05, 4.69) is 32.2 Å². The number of rotatable bonds is 7. The highest BCUT2D eigenvalue weighted by Crippen LogP contribution is 2.31. The number of sulfonamides is 1. The SMILES string of the molecule is C=CCN1C(=O)C(CC(=O)Nc2ccc(F)cc2)S/C1=N/S(=O)(=O)c1ccc(Br)cc1. The van der Waals surface area contributed by atoms with E-state index >= 15 is 0 Å². The molecule has 3 rings (SSSR count). The van der Waals surface area contributed by atoms with Crippen LogP contribution in [0.15, 0.2) is 75.0 Å². The lowest BCUT2D eigenvalue weighted by atomic mass is 10.2. The summed E-state index contributed by atoms with van der Waals surface area (Å²) in [4.78, 5) is 26.3. The summed E-state index contributed by atoms with van der Waals surface area (Å²) in [6.07, 6.45) is 1.24. The summed E-state index contributed by atoms with van der Waals surface area (Å²) < 4.78 is 42.9. The van der Waals surface area contributed by atoms with Crippen LogP contribution in [0.3, 0.4) is 0 Å². The Labute approximate surface area is 191 Å². The fourth-order valence-corrected chi connectivity index (χ4v) is 5.31. The molecule has 0 spiro atoms. The Kier molecular flexibility index (Phi) is 7.29. The largest absolute Gasteiger partial charge is 0.326 e. The molecular weight excluding hydrogens is 509 g/mol. The molecule has 2 amide bonds. The van der Waals surface area contributed by atoms with Crippen molar-refractivity contribution in [2.24, 2.45) is 4.40 Å². The third kappa shape index (κ3) is 5.81. The third-order valence-electron chi connectivity index (χ3n) is 4.14. The first-order valence-electron chi connectivity index (χ1n) is 8.94. The molecule has 1 saturated heterocycles. The molecule has 0 aromatic heterocycles. The lowest BCUT2D eigenvalue weighted by Crippen LogP contribution is -2.33. The molecule has 31 heavy (non-hydrogen) atoms. The smallest absolute Gasteiger partial charge is 0.284 e. The molecule has 0 aliphatic carbocycles. The molecule has 2 aromatic carbocycles. The molecule has 1 unspecified atom stereocenters. The Morgan fingerprint density at radius 1 is 1.23 bits per heavy atom. The number of carbonyl (C=O) groups is 2. The lowest BCUT2D eigenvalue weighted by molar-refractivity contribution is -0.127. The highest BCUT2D eigenvalue weighted by atomic mass is 79.9. The summed E-state index contributed by atoms with van der Waals surface area (Å²) in [7, 11) is -4.06. The first-order valence-corrected chi connectivity index (χ1v) is 12.1. The molecule has 0 bridgehead atoms. The summed E-state index contributed by atoms with van der Waals surface area (Å²) in [5.41, 5.74) is 0.386. The second-order valence-corrected chi connectivity index (χ2v) is 10.1. The zero-order chi connectivity index (χ0) is 22.6. The van der Waals surface area contributed by atoms with E-state index in [1.54, 1.807) is 12.1 Å². The van der Waals surface area contributed by atoms with Crippen molar-refractivity contribution in [3.05, 3.63) is 71.5 Å². The number of carbonyl (C=O) groups excluding carboxylic acids is 2. The molecule has 162 valence electrons. The minimum Gasteiger partial charge on any atom is -0.326 e. The number of benzene rings is 2. The zero-order valence-corrected chi connectivity index (χ0v) is 19.2. The first kappa shape index (κ1) is 23.2. The number of anilines is 1. The Bertz CT molecular complexity index is 1140. The van der Waals surface area contributed by atoms with Crippen LogP contribution in [-0.2, 0) is 19.6 Å². The van der Waals surface area contributed by atoms with E-state index in [0.29, 0.717) is 10.2 Å². The van der Waals surface area contributed by atoms with Crippen LogP contribution in [0.4, 0.5) is 10.1 Å². The fourth-order valence-electron chi connectivity index (χ4n) is 2.68. The van der Waals surface area contributed by atoms with E-state index in [9.17, 15) is 22.4 Å². The van der Waals surface area contributed by atoms with Crippen molar-refractivity contribution in [2.45, 2.75) is 16.6 Å². The van der Waals surface area contributed by atoms with Gasteiger partial charge >= 0.3 is 0 Å². The second kappa shape index (κ2) is 9.75. The molecule has 1 N–H and O–H groups in total. The van der Waals surface area contributed by atoms with Crippen molar-refractivity contribution >= 4 is 60.4 Å². The van der Waals surface area contributed by atoms with Crippen molar-refractivity contribution in [1.29, 1.82) is 0 Å². The zero-order valence-electron chi connectivity index (χ0n) is 16.0. The number of halogens is 2. The van der Waals surface area contributed by atoms with Gasteiger partial charge in [-0.25, -0.2) is 4.39 Å². The summed E-state index contributed by atoms with van der Waals surface area (Å²) in [5, 5.41) is 1.72. The van der Waals surface area contributed by atoms with Gasteiger partial charge in [-0.1, -0.05) is 33.8 Å². The molecule has 1 aliphatic rings. The molecule has 0 saturated carbocycles. The van der Waals surface area contributed by atoms with Gasteiger partial charge in [0.15, 0.2) is 5.17 Å². The number of nitrogens with zero attached hydrogens (tertiary/aromatic N) is 2. The molecule has 1 atom stereocenters. The van der Waals surface area contributed by atoms with Crippen LogP contribution in [0.25, 0.3) is 0 Å². The standard InChI is InChI=1S/C20H17BrFN3O4S2/c1-2-11-25-19(27)17(12-18(26)23-15-7-5-14(22)6-8-15)30-20(25)24-31(28,29)16-9-3-13(21)4-10-16/h2-10,17H,1,11-12H2,(H,23,26)/b24-20+. The Hall–Kier alpha value is -2.50. The van der Waals surface area contributed by atoms with Gasteiger partial charge in [0.25, 0.3) is 10.0 Å². The Morgan fingerprint density at radius 3 is 2.48 bits per heavy atom. The van der Waals surface area contributed by atoms with Gasteiger partial charge in [0.05, 0.1) is 4.90 Å². The number of hydrogen-bond acceptors (Lipinski definition) is 5. The quantitative estimate of drug-likeness (QED) is 0.554. The molecule has 1 fully saturated rings. The first-order chi connectivity index (χ1) is 14.7. The summed E-state index contributed by atoms with van der Waals surface area (Å²) in [6, 6.07) is 11.2. The molecule has 0 radical (unpaired) electrons. The molecule has 11 heteroatoms. The molecule has 1 aliphatic heterocycles. The molecular formula is C20H17BrFN3O4S2. The van der Waals surface area contributed by atoms with Gasteiger partial charge < -0.3 is 5.32 Å². The van der Waals surface area contributed by atoms with Crippen LogP contribution >= 0.6 is 27.7 Å². The fraction of sp³-hybridized carbons (Fsp3) is 0.150. The predicted molar refractivity (Wildman–Crippen MR) is 122 cm³/mol. The maximum Gasteiger partial charge on any atom is 0.284 e. The van der Waals surface area contributed by atoms with E-state index in [4.69, 9.17) is 0 Å².